The van der Waals surface area contributed by atoms with Gasteiger partial charge in [0.2, 0.25) is 0 Å². The first-order valence-corrected chi connectivity index (χ1v) is 9.52. The van der Waals surface area contributed by atoms with Crippen molar-refractivity contribution in [3.05, 3.63) is 83.2 Å². The average molecular weight is 402 g/mol. The highest BCUT2D eigenvalue weighted by molar-refractivity contribution is 5.93. The number of ether oxygens (including phenoxy) is 2. The van der Waals surface area contributed by atoms with Crippen LogP contribution in [0.3, 0.4) is 0 Å². The lowest BCUT2D eigenvalue weighted by Crippen LogP contribution is -2.09. The van der Waals surface area contributed by atoms with Crippen molar-refractivity contribution in [1.29, 1.82) is 0 Å². The average Bonchev–Trinajstić information content (AvgIpc) is 3.16. The number of nitrogens with zero attached hydrogens (tertiary/aromatic N) is 1. The van der Waals surface area contributed by atoms with Gasteiger partial charge in [-0.1, -0.05) is 36.4 Å². The molecule has 1 unspecified atom stereocenters. The molecule has 30 heavy (non-hydrogen) atoms. The van der Waals surface area contributed by atoms with Crippen molar-refractivity contribution in [2.45, 2.75) is 13.0 Å². The van der Waals surface area contributed by atoms with Gasteiger partial charge in [0.25, 0.3) is 0 Å². The first-order valence-electron chi connectivity index (χ1n) is 9.52. The van der Waals surface area contributed by atoms with E-state index in [1.165, 1.54) is 7.11 Å². The molecule has 0 aliphatic heterocycles. The number of aliphatic hydroxyl groups excluding tert-OH is 1. The molecular weight excluding hydrogens is 380 g/mol. The van der Waals surface area contributed by atoms with Gasteiger partial charge in [-0.05, 0) is 36.2 Å². The minimum Gasteiger partial charge on any atom is -0.496 e. The molecular formula is C24H22N2O4. The number of carbonyl (C=O) groups excluding carboxylic acids is 1. The molecule has 4 rings (SSSR count). The maximum absolute atomic E-state index is 11.9. The van der Waals surface area contributed by atoms with Gasteiger partial charge in [-0.3, -0.25) is 0 Å². The number of carbonyl (C=O) groups is 1. The summed E-state index contributed by atoms with van der Waals surface area (Å²) < 4.78 is 10.2. The monoisotopic (exact) mass is 402 g/mol. The highest BCUT2D eigenvalue weighted by Gasteiger charge is 2.24. The molecule has 0 amide bonds. The van der Waals surface area contributed by atoms with Crippen molar-refractivity contribution >= 4 is 16.9 Å². The Labute approximate surface area is 174 Å². The molecule has 0 saturated carbocycles. The Morgan fingerprint density at radius 1 is 1.07 bits per heavy atom. The third kappa shape index (κ3) is 3.42. The van der Waals surface area contributed by atoms with E-state index in [-0.39, 0.29) is 5.69 Å². The summed E-state index contributed by atoms with van der Waals surface area (Å²) in [5.41, 5.74) is 4.72. The molecule has 2 aromatic carbocycles. The Balaban J connectivity index is 1.94. The second-order valence-electron chi connectivity index (χ2n) is 6.99. The Kier molecular flexibility index (Phi) is 5.25. The van der Waals surface area contributed by atoms with Gasteiger partial charge in [0.05, 0.1) is 25.6 Å². The Bertz CT molecular complexity index is 1210. The fraction of sp³-hybridized carbons (Fsp3) is 0.167. The predicted octanol–water partition coefficient (Wildman–Crippen LogP) is 4.42. The minimum atomic E-state index is -1.05. The summed E-state index contributed by atoms with van der Waals surface area (Å²) in [5.74, 6) is 0.210. The standard InChI is InChI=1S/C24H22N2O4/c1-14-12-16-19(13-20(14)29-2)26-22(15-8-5-4-6-9-15)21(16)23(27)17-10-7-11-18(25-17)24(28)30-3/h4-13,23,26-27H,1-3H3. The van der Waals surface area contributed by atoms with Crippen LogP contribution in [0.5, 0.6) is 5.75 Å². The minimum absolute atomic E-state index is 0.146. The molecule has 0 radical (unpaired) electrons. The fourth-order valence-corrected chi connectivity index (χ4v) is 3.66. The van der Waals surface area contributed by atoms with Gasteiger partial charge in [0, 0.05) is 22.5 Å². The van der Waals surface area contributed by atoms with Gasteiger partial charge >= 0.3 is 5.97 Å². The number of benzene rings is 2. The van der Waals surface area contributed by atoms with E-state index in [2.05, 4.69) is 9.97 Å². The van der Waals surface area contributed by atoms with Gasteiger partial charge in [-0.25, -0.2) is 9.78 Å². The third-order valence-corrected chi connectivity index (χ3v) is 5.14. The number of rotatable bonds is 5. The lowest BCUT2D eigenvalue weighted by Gasteiger charge is -2.14. The van der Waals surface area contributed by atoms with E-state index in [0.29, 0.717) is 11.3 Å². The third-order valence-electron chi connectivity index (χ3n) is 5.14. The van der Waals surface area contributed by atoms with E-state index in [1.54, 1.807) is 25.3 Å². The maximum Gasteiger partial charge on any atom is 0.356 e. The molecule has 2 heterocycles. The van der Waals surface area contributed by atoms with Crippen LogP contribution in [0.2, 0.25) is 0 Å². The summed E-state index contributed by atoms with van der Waals surface area (Å²) in [5, 5.41) is 12.2. The molecule has 2 N–H and O–H groups in total. The van der Waals surface area contributed by atoms with Crippen LogP contribution in [-0.4, -0.2) is 35.3 Å². The van der Waals surface area contributed by atoms with E-state index in [4.69, 9.17) is 9.47 Å². The number of aromatic amines is 1. The van der Waals surface area contributed by atoms with Crippen molar-refractivity contribution in [3.8, 4) is 17.0 Å². The number of fused-ring (bicyclic) bond motifs is 1. The maximum atomic E-state index is 11.9. The van der Waals surface area contributed by atoms with Gasteiger partial charge in [0.1, 0.15) is 17.5 Å². The van der Waals surface area contributed by atoms with Gasteiger partial charge < -0.3 is 19.6 Å². The molecule has 0 aliphatic rings. The molecule has 0 spiro atoms. The molecule has 1 atom stereocenters. The fourth-order valence-electron chi connectivity index (χ4n) is 3.66. The Hall–Kier alpha value is -3.64. The van der Waals surface area contributed by atoms with Gasteiger partial charge in [0.15, 0.2) is 0 Å². The van der Waals surface area contributed by atoms with Crippen LogP contribution in [0, 0.1) is 6.92 Å². The van der Waals surface area contributed by atoms with Gasteiger partial charge in [-0.15, -0.1) is 0 Å². The first kappa shape index (κ1) is 19.7. The predicted molar refractivity (Wildman–Crippen MR) is 115 cm³/mol. The summed E-state index contributed by atoms with van der Waals surface area (Å²) in [7, 11) is 2.93. The number of aryl methyl sites for hydroxylation is 1. The normalized spacial score (nSPS) is 12.0. The number of aromatic nitrogens is 2. The van der Waals surface area contributed by atoms with Crippen molar-refractivity contribution in [2.75, 3.05) is 14.2 Å². The molecule has 4 aromatic rings. The van der Waals surface area contributed by atoms with Crippen molar-refractivity contribution < 1.29 is 19.4 Å². The Morgan fingerprint density at radius 2 is 1.83 bits per heavy atom. The van der Waals surface area contributed by atoms with Crippen molar-refractivity contribution in [2.24, 2.45) is 0 Å². The number of hydrogen-bond acceptors (Lipinski definition) is 5. The van der Waals surface area contributed by atoms with Crippen molar-refractivity contribution in [3.63, 3.8) is 0 Å². The Morgan fingerprint density at radius 3 is 2.53 bits per heavy atom. The molecule has 6 nitrogen and oxygen atoms in total. The van der Waals surface area contributed by atoms with Crippen LogP contribution in [0.4, 0.5) is 0 Å². The molecule has 2 aromatic heterocycles. The number of aliphatic hydroxyl groups is 1. The molecule has 0 saturated heterocycles. The summed E-state index contributed by atoms with van der Waals surface area (Å²) in [6.45, 7) is 1.96. The molecule has 0 bridgehead atoms. The number of pyridine rings is 1. The van der Waals surface area contributed by atoms with E-state index in [9.17, 15) is 9.90 Å². The SMILES string of the molecule is COC(=O)c1cccc(C(O)c2c(-c3ccccc3)[nH]c3cc(OC)c(C)cc23)n1. The van der Waals surface area contributed by atoms with E-state index in [0.717, 1.165) is 33.5 Å². The molecule has 6 heteroatoms. The summed E-state index contributed by atoms with van der Waals surface area (Å²) in [6, 6.07) is 18.6. The zero-order valence-corrected chi connectivity index (χ0v) is 17.0. The molecule has 0 aliphatic carbocycles. The highest BCUT2D eigenvalue weighted by atomic mass is 16.5. The van der Waals surface area contributed by atoms with Crippen LogP contribution in [0.1, 0.15) is 33.4 Å². The van der Waals surface area contributed by atoms with E-state index < -0.39 is 12.1 Å². The largest absolute Gasteiger partial charge is 0.496 e. The van der Waals surface area contributed by atoms with Gasteiger partial charge in [-0.2, -0.15) is 0 Å². The van der Waals surface area contributed by atoms with Crippen LogP contribution in [0.25, 0.3) is 22.2 Å². The quantitative estimate of drug-likeness (QED) is 0.483. The number of esters is 1. The van der Waals surface area contributed by atoms with E-state index in [1.807, 2.05) is 49.4 Å². The number of hydrogen-bond donors (Lipinski definition) is 2. The smallest absolute Gasteiger partial charge is 0.356 e. The lowest BCUT2D eigenvalue weighted by atomic mass is 9.97. The summed E-state index contributed by atoms with van der Waals surface area (Å²) in [4.78, 5) is 19.7. The van der Waals surface area contributed by atoms with Crippen LogP contribution >= 0.6 is 0 Å². The number of methoxy groups -OCH3 is 2. The van der Waals surface area contributed by atoms with Crippen LogP contribution in [-0.2, 0) is 4.74 Å². The molecule has 0 fully saturated rings. The number of nitrogens with one attached hydrogen (secondary N) is 1. The zero-order chi connectivity index (χ0) is 21.3. The second-order valence-corrected chi connectivity index (χ2v) is 6.99. The van der Waals surface area contributed by atoms with E-state index >= 15 is 0 Å². The zero-order valence-electron chi connectivity index (χ0n) is 17.0. The second kappa shape index (κ2) is 8.00. The summed E-state index contributed by atoms with van der Waals surface area (Å²) >= 11 is 0. The topological polar surface area (TPSA) is 84.4 Å². The first-order chi connectivity index (χ1) is 14.5. The molecule has 152 valence electrons. The lowest BCUT2D eigenvalue weighted by molar-refractivity contribution is 0.0593. The van der Waals surface area contributed by atoms with Crippen molar-refractivity contribution in [1.82, 2.24) is 9.97 Å². The van der Waals surface area contributed by atoms with Crippen LogP contribution < -0.4 is 4.74 Å². The number of H-pyrrole nitrogens is 1. The summed E-state index contributed by atoms with van der Waals surface area (Å²) in [6.07, 6.45) is -1.05. The highest BCUT2D eigenvalue weighted by Crippen LogP contribution is 2.39. The van der Waals surface area contributed by atoms with Crippen LogP contribution in [0.15, 0.2) is 60.7 Å².